The van der Waals surface area contributed by atoms with Crippen molar-refractivity contribution in [2.75, 3.05) is 0 Å². The van der Waals surface area contributed by atoms with Gasteiger partial charge in [-0.3, -0.25) is 0 Å². The van der Waals surface area contributed by atoms with Crippen LogP contribution in [0.25, 0.3) is 11.1 Å². The first kappa shape index (κ1) is 12.8. The van der Waals surface area contributed by atoms with Crippen LogP contribution in [0, 0.1) is 6.92 Å². The summed E-state index contributed by atoms with van der Waals surface area (Å²) in [5.41, 5.74) is 4.59. The highest BCUT2D eigenvalue weighted by Gasteiger charge is 2.15. The molecule has 1 aromatic heterocycles. The first-order valence-corrected chi connectivity index (χ1v) is 6.85. The van der Waals surface area contributed by atoms with Crippen molar-refractivity contribution < 1.29 is 9.90 Å². The SMILES string of the molecule is Cc1ccc(C(C)C)cc1-c1cscc1C(=O)O. The molecule has 3 heteroatoms. The number of rotatable bonds is 3. The molecule has 2 nitrogen and oxygen atoms in total. The lowest BCUT2D eigenvalue weighted by Crippen LogP contribution is -1.98. The minimum absolute atomic E-state index is 0.393. The average molecular weight is 260 g/mol. The van der Waals surface area contributed by atoms with Crippen LogP contribution in [0.2, 0.25) is 0 Å². The number of carbonyl (C=O) groups is 1. The van der Waals surface area contributed by atoms with Crippen LogP contribution >= 0.6 is 11.3 Å². The van der Waals surface area contributed by atoms with Gasteiger partial charge < -0.3 is 5.11 Å². The third kappa shape index (κ3) is 2.31. The molecule has 0 aliphatic rings. The fourth-order valence-electron chi connectivity index (χ4n) is 1.96. The van der Waals surface area contributed by atoms with Gasteiger partial charge in [-0.2, -0.15) is 11.3 Å². The zero-order valence-corrected chi connectivity index (χ0v) is 11.5. The van der Waals surface area contributed by atoms with E-state index in [1.807, 2.05) is 12.3 Å². The Morgan fingerprint density at radius 2 is 1.94 bits per heavy atom. The highest BCUT2D eigenvalue weighted by atomic mass is 32.1. The molecule has 0 atom stereocenters. The topological polar surface area (TPSA) is 37.3 Å². The van der Waals surface area contributed by atoms with Crippen molar-refractivity contribution in [3.63, 3.8) is 0 Å². The summed E-state index contributed by atoms with van der Waals surface area (Å²) >= 11 is 1.43. The van der Waals surface area contributed by atoms with Gasteiger partial charge in [0.2, 0.25) is 0 Å². The van der Waals surface area contributed by atoms with Crippen LogP contribution in [-0.2, 0) is 0 Å². The average Bonchev–Trinajstić information content (AvgIpc) is 2.78. The van der Waals surface area contributed by atoms with Crippen LogP contribution in [-0.4, -0.2) is 11.1 Å². The number of hydrogen-bond donors (Lipinski definition) is 1. The molecule has 0 aliphatic heterocycles. The first-order valence-electron chi connectivity index (χ1n) is 5.91. The van der Waals surface area contributed by atoms with Gasteiger partial charge >= 0.3 is 5.97 Å². The van der Waals surface area contributed by atoms with E-state index in [0.717, 1.165) is 16.7 Å². The Morgan fingerprint density at radius 1 is 1.22 bits per heavy atom. The van der Waals surface area contributed by atoms with E-state index in [4.69, 9.17) is 0 Å². The van der Waals surface area contributed by atoms with Gasteiger partial charge in [-0.15, -0.1) is 0 Å². The Balaban J connectivity index is 2.59. The van der Waals surface area contributed by atoms with Gasteiger partial charge in [0.15, 0.2) is 0 Å². The molecule has 0 saturated heterocycles. The van der Waals surface area contributed by atoms with Crippen molar-refractivity contribution in [2.24, 2.45) is 0 Å². The van der Waals surface area contributed by atoms with Crippen molar-refractivity contribution in [2.45, 2.75) is 26.7 Å². The molecule has 0 saturated carbocycles. The number of hydrogen-bond acceptors (Lipinski definition) is 2. The minimum atomic E-state index is -0.861. The van der Waals surface area contributed by atoms with E-state index in [-0.39, 0.29) is 0 Å². The lowest BCUT2D eigenvalue weighted by Gasteiger charge is -2.11. The molecule has 0 radical (unpaired) electrons. The number of carboxylic acid groups (broad SMARTS) is 1. The van der Waals surface area contributed by atoms with E-state index in [1.165, 1.54) is 16.9 Å². The van der Waals surface area contributed by atoms with E-state index in [9.17, 15) is 9.90 Å². The van der Waals surface area contributed by atoms with Gasteiger partial charge in [-0.25, -0.2) is 4.79 Å². The van der Waals surface area contributed by atoms with Gasteiger partial charge in [-0.1, -0.05) is 32.0 Å². The monoisotopic (exact) mass is 260 g/mol. The number of aromatic carboxylic acids is 1. The summed E-state index contributed by atoms with van der Waals surface area (Å²) in [7, 11) is 0. The third-order valence-electron chi connectivity index (χ3n) is 3.11. The fourth-order valence-corrected chi connectivity index (χ4v) is 2.78. The zero-order chi connectivity index (χ0) is 13.3. The molecule has 18 heavy (non-hydrogen) atoms. The number of aryl methyl sites for hydroxylation is 1. The van der Waals surface area contributed by atoms with Crippen molar-refractivity contribution in [3.05, 3.63) is 45.6 Å². The van der Waals surface area contributed by atoms with Gasteiger partial charge in [0.25, 0.3) is 0 Å². The van der Waals surface area contributed by atoms with E-state index in [0.29, 0.717) is 11.5 Å². The smallest absolute Gasteiger partial charge is 0.337 e. The maximum Gasteiger partial charge on any atom is 0.337 e. The second-order valence-corrected chi connectivity index (χ2v) is 5.48. The van der Waals surface area contributed by atoms with Crippen molar-refractivity contribution in [1.82, 2.24) is 0 Å². The summed E-state index contributed by atoms with van der Waals surface area (Å²) in [5.74, 6) is -0.420. The standard InChI is InChI=1S/C15H16O2S/c1-9(2)11-5-4-10(3)12(6-11)13-7-18-8-14(13)15(16)17/h4-9H,1-3H3,(H,16,17). The molecule has 0 fully saturated rings. The molecular formula is C15H16O2S. The second-order valence-electron chi connectivity index (χ2n) is 4.73. The van der Waals surface area contributed by atoms with E-state index >= 15 is 0 Å². The molecule has 0 bridgehead atoms. The van der Waals surface area contributed by atoms with E-state index < -0.39 is 5.97 Å². The Labute approximate surface area is 111 Å². The summed E-state index contributed by atoms with van der Waals surface area (Å²) < 4.78 is 0. The molecule has 0 unspecified atom stereocenters. The molecule has 2 aromatic rings. The Kier molecular flexibility index (Phi) is 3.53. The summed E-state index contributed by atoms with van der Waals surface area (Å²) in [6, 6.07) is 6.28. The van der Waals surface area contributed by atoms with Gasteiger partial charge in [0.05, 0.1) is 5.56 Å². The van der Waals surface area contributed by atoms with E-state index in [1.54, 1.807) is 5.38 Å². The van der Waals surface area contributed by atoms with Crippen molar-refractivity contribution in [1.29, 1.82) is 0 Å². The van der Waals surface area contributed by atoms with Gasteiger partial charge in [-0.05, 0) is 34.9 Å². The molecule has 2 rings (SSSR count). The number of carboxylic acids is 1. The molecule has 0 amide bonds. The van der Waals surface area contributed by atoms with Crippen LogP contribution in [0.4, 0.5) is 0 Å². The summed E-state index contributed by atoms with van der Waals surface area (Å²) in [6.07, 6.45) is 0. The highest BCUT2D eigenvalue weighted by Crippen LogP contribution is 2.32. The molecule has 1 aromatic carbocycles. The zero-order valence-electron chi connectivity index (χ0n) is 10.7. The highest BCUT2D eigenvalue weighted by molar-refractivity contribution is 7.08. The quantitative estimate of drug-likeness (QED) is 0.879. The predicted molar refractivity (Wildman–Crippen MR) is 75.5 cm³/mol. The molecule has 0 spiro atoms. The second kappa shape index (κ2) is 4.94. The predicted octanol–water partition coefficient (Wildman–Crippen LogP) is 4.55. The lowest BCUT2D eigenvalue weighted by atomic mass is 9.93. The van der Waals surface area contributed by atoms with Crippen LogP contribution in [0.15, 0.2) is 29.0 Å². The Morgan fingerprint density at radius 3 is 2.56 bits per heavy atom. The fraction of sp³-hybridized carbons (Fsp3) is 0.267. The molecule has 1 N–H and O–H groups in total. The first-order chi connectivity index (χ1) is 8.50. The number of benzene rings is 1. The molecule has 0 aliphatic carbocycles. The molecular weight excluding hydrogens is 244 g/mol. The maximum atomic E-state index is 11.2. The van der Waals surface area contributed by atoms with Gasteiger partial charge in [0, 0.05) is 10.9 Å². The lowest BCUT2D eigenvalue weighted by molar-refractivity contribution is 0.0698. The van der Waals surface area contributed by atoms with Crippen molar-refractivity contribution >= 4 is 17.3 Å². The largest absolute Gasteiger partial charge is 0.478 e. The minimum Gasteiger partial charge on any atom is -0.478 e. The summed E-state index contributed by atoms with van der Waals surface area (Å²) in [6.45, 7) is 6.29. The normalized spacial score (nSPS) is 10.9. The molecule has 1 heterocycles. The third-order valence-corrected chi connectivity index (χ3v) is 3.85. The van der Waals surface area contributed by atoms with Crippen LogP contribution in [0.5, 0.6) is 0 Å². The Bertz CT molecular complexity index is 582. The van der Waals surface area contributed by atoms with Gasteiger partial charge in [0.1, 0.15) is 0 Å². The van der Waals surface area contributed by atoms with Crippen LogP contribution in [0.1, 0.15) is 41.3 Å². The summed E-state index contributed by atoms with van der Waals surface area (Å²) in [4.78, 5) is 11.2. The number of thiophene rings is 1. The maximum absolute atomic E-state index is 11.2. The molecule has 94 valence electrons. The summed E-state index contributed by atoms with van der Waals surface area (Å²) in [5, 5.41) is 12.8. The Hall–Kier alpha value is -1.61. The van der Waals surface area contributed by atoms with Crippen LogP contribution < -0.4 is 0 Å². The van der Waals surface area contributed by atoms with Crippen molar-refractivity contribution in [3.8, 4) is 11.1 Å². The van der Waals surface area contributed by atoms with E-state index in [2.05, 4.69) is 32.0 Å². The van der Waals surface area contributed by atoms with Crippen LogP contribution in [0.3, 0.4) is 0 Å².